The molecular formula is C76H42N6S. The first-order valence-corrected chi connectivity index (χ1v) is 28.8. The van der Waals surface area contributed by atoms with Crippen molar-refractivity contribution in [1.82, 2.24) is 18.3 Å². The van der Waals surface area contributed by atoms with Gasteiger partial charge in [0.1, 0.15) is 23.3 Å². The molecule has 382 valence electrons. The highest BCUT2D eigenvalue weighted by Gasteiger charge is 2.35. The summed E-state index contributed by atoms with van der Waals surface area (Å²) in [7, 11) is 0. The highest BCUT2D eigenvalue weighted by Crippen LogP contribution is 2.51. The van der Waals surface area contributed by atoms with Gasteiger partial charge in [-0.2, -0.15) is 10.5 Å². The van der Waals surface area contributed by atoms with E-state index in [-0.39, 0.29) is 0 Å². The minimum atomic E-state index is 0.420. The maximum absolute atomic E-state index is 12.9. The topological polar surface area (TPSA) is 67.3 Å². The van der Waals surface area contributed by atoms with Gasteiger partial charge in [-0.1, -0.05) is 194 Å². The Bertz CT molecular complexity index is 5820. The Kier molecular flexibility index (Phi) is 9.42. The smallest absolute Gasteiger partial charge is 0.104 e. The van der Waals surface area contributed by atoms with Crippen molar-refractivity contribution in [3.63, 3.8) is 0 Å². The van der Waals surface area contributed by atoms with Gasteiger partial charge in [0, 0.05) is 63.3 Å². The highest BCUT2D eigenvalue weighted by atomic mass is 32.1. The van der Waals surface area contributed by atoms with Gasteiger partial charge in [0.15, 0.2) is 0 Å². The molecule has 13 aromatic carbocycles. The van der Waals surface area contributed by atoms with Crippen molar-refractivity contribution in [3.05, 3.63) is 266 Å². The van der Waals surface area contributed by atoms with E-state index in [0.29, 0.717) is 33.9 Å². The molecule has 0 fully saturated rings. The lowest BCUT2D eigenvalue weighted by molar-refractivity contribution is 1.02. The van der Waals surface area contributed by atoms with Crippen LogP contribution < -0.4 is 0 Å². The predicted molar refractivity (Wildman–Crippen MR) is 347 cm³/mol. The van der Waals surface area contributed by atoms with Crippen molar-refractivity contribution in [2.75, 3.05) is 0 Å². The first-order chi connectivity index (χ1) is 41.2. The molecule has 0 saturated heterocycles. The third-order valence-electron chi connectivity index (χ3n) is 17.6. The molecule has 0 N–H and O–H groups in total. The van der Waals surface area contributed by atoms with Gasteiger partial charge in [0.2, 0.25) is 0 Å². The number of para-hydroxylation sites is 6. The molecule has 0 aliphatic carbocycles. The molecule has 83 heavy (non-hydrogen) atoms. The summed E-state index contributed by atoms with van der Waals surface area (Å²) < 4.78 is 11.5. The molecule has 18 rings (SSSR count). The van der Waals surface area contributed by atoms with E-state index in [1.165, 1.54) is 37.0 Å². The van der Waals surface area contributed by atoms with E-state index in [4.69, 9.17) is 0 Å². The summed E-state index contributed by atoms with van der Waals surface area (Å²) in [5.41, 5.74) is 12.9. The van der Waals surface area contributed by atoms with E-state index in [1.54, 1.807) is 0 Å². The quantitative estimate of drug-likeness (QED) is 0.161. The average molecular weight is 1070 g/mol. The fourth-order valence-corrected chi connectivity index (χ4v) is 15.5. The number of nitrogens with zero attached hydrogens (tertiary/aromatic N) is 6. The second kappa shape index (κ2) is 17.1. The first-order valence-electron chi connectivity index (χ1n) is 28.0. The van der Waals surface area contributed by atoms with Crippen molar-refractivity contribution >= 4 is 140 Å². The summed E-state index contributed by atoms with van der Waals surface area (Å²) in [5, 5.41) is 41.3. The summed E-state index contributed by atoms with van der Waals surface area (Å²) in [5.74, 6) is 0. The Morgan fingerprint density at radius 3 is 1.16 bits per heavy atom. The highest BCUT2D eigenvalue weighted by molar-refractivity contribution is 7.26. The second-order valence-corrected chi connectivity index (χ2v) is 22.7. The zero-order valence-electron chi connectivity index (χ0n) is 44.3. The molecule has 0 saturated carbocycles. The number of aromatic nitrogens is 4. The number of benzene rings is 13. The van der Waals surface area contributed by atoms with Crippen LogP contribution in [0.5, 0.6) is 0 Å². The fraction of sp³-hybridized carbons (Fsp3) is 0. The van der Waals surface area contributed by atoms with Crippen LogP contribution in [0.2, 0.25) is 0 Å². The Labute approximate surface area is 478 Å². The lowest BCUT2D eigenvalue weighted by Gasteiger charge is -2.27. The molecule has 0 atom stereocenters. The number of fused-ring (bicyclic) bond motifs is 19. The van der Waals surface area contributed by atoms with Gasteiger partial charge in [-0.25, -0.2) is 0 Å². The van der Waals surface area contributed by atoms with Crippen LogP contribution in [-0.2, 0) is 0 Å². The molecule has 5 aromatic heterocycles. The van der Waals surface area contributed by atoms with Crippen molar-refractivity contribution < 1.29 is 0 Å². The maximum Gasteiger partial charge on any atom is 0.104 e. The number of hydrogen-bond acceptors (Lipinski definition) is 3. The van der Waals surface area contributed by atoms with E-state index >= 15 is 0 Å². The van der Waals surface area contributed by atoms with E-state index in [2.05, 4.69) is 285 Å². The number of rotatable bonds is 5. The third-order valence-corrected chi connectivity index (χ3v) is 18.8. The Hall–Kier alpha value is -11.2. The van der Waals surface area contributed by atoms with Crippen molar-refractivity contribution in [1.29, 1.82) is 10.5 Å². The van der Waals surface area contributed by atoms with Crippen LogP contribution in [-0.4, -0.2) is 18.3 Å². The second-order valence-electron chi connectivity index (χ2n) is 21.7. The molecule has 5 heterocycles. The molecule has 0 radical (unpaired) electrons. The summed E-state index contributed by atoms with van der Waals surface area (Å²) in [6, 6.07) is 96.6. The third kappa shape index (κ3) is 6.13. The van der Waals surface area contributed by atoms with Crippen molar-refractivity contribution in [2.45, 2.75) is 0 Å². The molecule has 0 amide bonds. The van der Waals surface area contributed by atoms with Crippen LogP contribution in [0.25, 0.3) is 163 Å². The SMILES string of the molecule is N#Cc1c(-n2c3ccccc3c3ccccc32)c(-n2c3ccccc3c3ccccc32)c(C#N)c(-n2c3ccc(-c4cccc5ccc6ccccc6c45)cc3c3c4sc5ccccc5c4ccc32)c1-n1c2ccccc2c2ccccc21. The Morgan fingerprint density at radius 2 is 0.663 bits per heavy atom. The van der Waals surface area contributed by atoms with Crippen LogP contribution in [0.15, 0.2) is 255 Å². The zero-order valence-corrected chi connectivity index (χ0v) is 45.2. The number of nitriles is 2. The molecule has 6 nitrogen and oxygen atoms in total. The summed E-state index contributed by atoms with van der Waals surface area (Å²) >= 11 is 1.81. The molecule has 0 unspecified atom stereocenters. The van der Waals surface area contributed by atoms with Gasteiger partial charge in [-0.3, -0.25) is 0 Å². The van der Waals surface area contributed by atoms with Crippen LogP contribution in [0.4, 0.5) is 0 Å². The number of thiophene rings is 1. The predicted octanol–water partition coefficient (Wildman–Crippen LogP) is 20.2. The van der Waals surface area contributed by atoms with Crippen LogP contribution >= 0.6 is 11.3 Å². The normalized spacial score (nSPS) is 12.1. The van der Waals surface area contributed by atoms with E-state index in [9.17, 15) is 10.5 Å². The standard InChI is InChI=1S/C76H42N6S/c77-43-59-72(79-61-29-10-3-21-50(61)51-22-4-11-30-62(51)79)73(80-63-31-12-5-23-52(63)53-24-6-13-32-64(53)80)60(44-78)75(74(59)81-65-33-14-7-25-54(65)55-26-8-15-34-66(55)81)82-67-40-38-47(49-28-17-19-46-37-36-45-18-1-2-20-48(45)70(46)49)42-58(67)71-68(82)41-39-57-56-27-9-16-35-69(56)83-76(57)71/h1-42H. The van der Waals surface area contributed by atoms with E-state index in [0.717, 1.165) is 103 Å². The molecule has 0 bridgehead atoms. The minimum Gasteiger partial charge on any atom is -0.306 e. The molecule has 0 aliphatic heterocycles. The van der Waals surface area contributed by atoms with Crippen molar-refractivity contribution in [3.8, 4) is 46.0 Å². The Morgan fingerprint density at radius 1 is 0.277 bits per heavy atom. The van der Waals surface area contributed by atoms with Gasteiger partial charge < -0.3 is 18.3 Å². The van der Waals surface area contributed by atoms with Crippen LogP contribution in [0.3, 0.4) is 0 Å². The van der Waals surface area contributed by atoms with E-state index in [1.807, 2.05) is 11.3 Å². The first kappa shape index (κ1) is 45.6. The molecular weight excluding hydrogens is 1030 g/mol. The summed E-state index contributed by atoms with van der Waals surface area (Å²) in [6.45, 7) is 0. The maximum atomic E-state index is 12.9. The summed E-state index contributed by atoms with van der Waals surface area (Å²) in [6.07, 6.45) is 0. The molecule has 0 aliphatic rings. The molecule has 7 heteroatoms. The zero-order chi connectivity index (χ0) is 54.6. The van der Waals surface area contributed by atoms with Gasteiger partial charge >= 0.3 is 0 Å². The average Bonchev–Trinajstić information content (AvgIpc) is 4.10. The fourth-order valence-electron chi connectivity index (χ4n) is 14.3. The van der Waals surface area contributed by atoms with Gasteiger partial charge in [0.25, 0.3) is 0 Å². The lowest BCUT2D eigenvalue weighted by Crippen LogP contribution is -2.16. The monoisotopic (exact) mass is 1070 g/mol. The van der Waals surface area contributed by atoms with Gasteiger partial charge in [-0.15, -0.1) is 11.3 Å². The lowest BCUT2D eigenvalue weighted by atomic mass is 9.93. The van der Waals surface area contributed by atoms with Crippen LogP contribution in [0.1, 0.15) is 11.1 Å². The summed E-state index contributed by atoms with van der Waals surface area (Å²) in [4.78, 5) is 0. The van der Waals surface area contributed by atoms with Gasteiger partial charge in [-0.05, 0) is 93.3 Å². The largest absolute Gasteiger partial charge is 0.306 e. The number of hydrogen-bond donors (Lipinski definition) is 0. The minimum absolute atomic E-state index is 0.420. The molecule has 0 spiro atoms. The molecule has 18 aromatic rings. The van der Waals surface area contributed by atoms with Crippen molar-refractivity contribution in [2.24, 2.45) is 0 Å². The Balaban J connectivity index is 1.11. The van der Waals surface area contributed by atoms with Gasteiger partial charge in [0.05, 0.1) is 66.9 Å². The van der Waals surface area contributed by atoms with E-state index < -0.39 is 0 Å². The van der Waals surface area contributed by atoms with Crippen LogP contribution in [0, 0.1) is 22.7 Å².